The summed E-state index contributed by atoms with van der Waals surface area (Å²) in [5.74, 6) is -0.0542. The number of carbonyl (C=O) groups is 1. The zero-order valence-electron chi connectivity index (χ0n) is 11.8. The zero-order chi connectivity index (χ0) is 15.1. The van der Waals surface area contributed by atoms with Gasteiger partial charge in [0, 0.05) is 37.8 Å². The van der Waals surface area contributed by atoms with Crippen LogP contribution in [0.5, 0.6) is 0 Å². The maximum atomic E-state index is 12.3. The maximum absolute atomic E-state index is 12.3. The zero-order valence-corrected chi connectivity index (χ0v) is 11.8. The number of Topliss-reactive ketones (excluding diaryl/α,β-unsaturated/α-hetero) is 1. The third kappa shape index (κ3) is 2.07. The van der Waals surface area contributed by atoms with Crippen molar-refractivity contribution in [1.82, 2.24) is 9.13 Å². The van der Waals surface area contributed by atoms with E-state index in [9.17, 15) is 14.4 Å². The van der Waals surface area contributed by atoms with Crippen molar-refractivity contribution in [3.05, 3.63) is 73.6 Å². The monoisotopic (exact) mass is 282 g/mol. The standard InChI is InChI=1S/C16H14N2O3/c1-17-9-12(15(20)18(2)16(17)21)8-11-7-10-5-3-4-6-13(10)14(11)19/h3-6,8-9H,7H2,1-2H3. The lowest BCUT2D eigenvalue weighted by molar-refractivity contribution is 0.104. The molecule has 0 radical (unpaired) electrons. The number of nitrogens with zero attached hydrogens (tertiary/aromatic N) is 2. The Labute approximate surface area is 120 Å². The molecule has 0 unspecified atom stereocenters. The van der Waals surface area contributed by atoms with Crippen LogP contribution in [0.15, 0.2) is 45.6 Å². The molecule has 1 aliphatic carbocycles. The van der Waals surface area contributed by atoms with Crippen LogP contribution in [-0.4, -0.2) is 14.9 Å². The van der Waals surface area contributed by atoms with Crippen LogP contribution in [0.4, 0.5) is 0 Å². The first-order chi connectivity index (χ1) is 9.99. The van der Waals surface area contributed by atoms with E-state index in [4.69, 9.17) is 0 Å². The molecule has 5 nitrogen and oxygen atoms in total. The fourth-order valence-corrected chi connectivity index (χ4v) is 2.59. The number of rotatable bonds is 1. The molecule has 0 aliphatic heterocycles. The Morgan fingerprint density at radius 1 is 1.10 bits per heavy atom. The van der Waals surface area contributed by atoms with Gasteiger partial charge in [0.05, 0.1) is 5.56 Å². The lowest BCUT2D eigenvalue weighted by atomic mass is 10.1. The van der Waals surface area contributed by atoms with E-state index in [1.54, 1.807) is 19.2 Å². The molecule has 1 aromatic carbocycles. The number of hydrogen-bond acceptors (Lipinski definition) is 3. The predicted octanol–water partition coefficient (Wildman–Crippen LogP) is 0.906. The van der Waals surface area contributed by atoms with Crippen LogP contribution in [-0.2, 0) is 20.5 Å². The van der Waals surface area contributed by atoms with Gasteiger partial charge in [-0.3, -0.25) is 14.2 Å². The van der Waals surface area contributed by atoms with Crippen LogP contribution >= 0.6 is 0 Å². The Balaban J connectivity index is 2.12. The average Bonchev–Trinajstić information content (AvgIpc) is 2.79. The Hall–Kier alpha value is -2.69. The summed E-state index contributed by atoms with van der Waals surface area (Å²) in [6.07, 6.45) is 3.57. The molecule has 0 atom stereocenters. The number of carbonyl (C=O) groups excluding carboxylic acids is 1. The number of hydrogen-bond donors (Lipinski definition) is 0. The molecule has 1 heterocycles. The highest BCUT2D eigenvalue weighted by atomic mass is 16.2. The summed E-state index contributed by atoms with van der Waals surface area (Å²) in [6.45, 7) is 0. The van der Waals surface area contributed by atoms with Gasteiger partial charge in [-0.2, -0.15) is 0 Å². The lowest BCUT2D eigenvalue weighted by Crippen LogP contribution is -2.37. The van der Waals surface area contributed by atoms with Crippen LogP contribution in [0, 0.1) is 0 Å². The second kappa shape index (κ2) is 4.70. The van der Waals surface area contributed by atoms with Gasteiger partial charge in [-0.05, 0) is 11.6 Å². The summed E-state index contributed by atoms with van der Waals surface area (Å²) in [4.78, 5) is 36.1. The van der Waals surface area contributed by atoms with Gasteiger partial charge in [0.25, 0.3) is 5.56 Å². The van der Waals surface area contributed by atoms with E-state index in [1.165, 1.54) is 17.8 Å². The normalized spacial score (nSPS) is 15.5. The van der Waals surface area contributed by atoms with Crippen molar-refractivity contribution in [3.63, 3.8) is 0 Å². The van der Waals surface area contributed by atoms with E-state index < -0.39 is 5.56 Å². The van der Waals surface area contributed by atoms with Crippen LogP contribution in [0.25, 0.3) is 6.08 Å². The highest BCUT2D eigenvalue weighted by Gasteiger charge is 2.24. The summed E-state index contributed by atoms with van der Waals surface area (Å²) in [7, 11) is 3.01. The molecule has 1 aliphatic rings. The first-order valence-electron chi connectivity index (χ1n) is 6.59. The minimum absolute atomic E-state index is 0.0542. The number of ketones is 1. The summed E-state index contributed by atoms with van der Waals surface area (Å²) in [5.41, 5.74) is 1.79. The molecule has 0 spiro atoms. The van der Waals surface area contributed by atoms with Gasteiger partial charge in [0.15, 0.2) is 5.78 Å². The molecule has 0 fully saturated rings. The van der Waals surface area contributed by atoms with Gasteiger partial charge in [-0.1, -0.05) is 24.3 Å². The molecule has 0 saturated carbocycles. The molecule has 2 aromatic rings. The molecule has 0 saturated heterocycles. The molecule has 0 amide bonds. The van der Waals surface area contributed by atoms with Crippen molar-refractivity contribution in [3.8, 4) is 0 Å². The molecule has 3 rings (SSSR count). The van der Waals surface area contributed by atoms with Crippen LogP contribution in [0.1, 0.15) is 21.5 Å². The van der Waals surface area contributed by atoms with Gasteiger partial charge in [0.2, 0.25) is 0 Å². The quantitative estimate of drug-likeness (QED) is 0.730. The Bertz CT molecular complexity index is 900. The van der Waals surface area contributed by atoms with E-state index in [0.29, 0.717) is 23.1 Å². The molecule has 0 N–H and O–H groups in total. The van der Waals surface area contributed by atoms with Crippen LogP contribution < -0.4 is 11.2 Å². The smallest absolute Gasteiger partial charge is 0.303 e. The summed E-state index contributed by atoms with van der Waals surface area (Å²) in [5, 5.41) is 0. The average molecular weight is 282 g/mol. The fraction of sp³-hybridized carbons (Fsp3) is 0.188. The predicted molar refractivity (Wildman–Crippen MR) is 79.4 cm³/mol. The largest absolute Gasteiger partial charge is 0.330 e. The number of fused-ring (bicyclic) bond motifs is 1. The second-order valence-electron chi connectivity index (χ2n) is 5.17. The van der Waals surface area contributed by atoms with Crippen molar-refractivity contribution < 1.29 is 4.79 Å². The molecule has 1 aromatic heterocycles. The van der Waals surface area contributed by atoms with Gasteiger partial charge >= 0.3 is 5.69 Å². The molecule has 106 valence electrons. The topological polar surface area (TPSA) is 61.1 Å². The van der Waals surface area contributed by atoms with Crippen molar-refractivity contribution in [1.29, 1.82) is 0 Å². The van der Waals surface area contributed by atoms with Crippen molar-refractivity contribution >= 4 is 11.9 Å². The SMILES string of the molecule is Cn1cc(C=C2Cc3ccccc3C2=O)c(=O)n(C)c1=O. The molecule has 21 heavy (non-hydrogen) atoms. The highest BCUT2D eigenvalue weighted by molar-refractivity contribution is 6.15. The number of benzene rings is 1. The Kier molecular flexibility index (Phi) is 2.97. The lowest BCUT2D eigenvalue weighted by Gasteiger charge is -2.04. The van der Waals surface area contributed by atoms with Crippen molar-refractivity contribution in [2.45, 2.75) is 6.42 Å². The Morgan fingerprint density at radius 3 is 2.52 bits per heavy atom. The van der Waals surface area contributed by atoms with E-state index in [2.05, 4.69) is 0 Å². The molecule has 0 bridgehead atoms. The minimum Gasteiger partial charge on any atom is -0.303 e. The van der Waals surface area contributed by atoms with Gasteiger partial charge in [-0.25, -0.2) is 4.79 Å². The highest BCUT2D eigenvalue weighted by Crippen LogP contribution is 2.26. The van der Waals surface area contributed by atoms with Gasteiger partial charge in [0.1, 0.15) is 0 Å². The maximum Gasteiger partial charge on any atom is 0.330 e. The van der Waals surface area contributed by atoms with Gasteiger partial charge in [-0.15, -0.1) is 0 Å². The third-order valence-electron chi connectivity index (χ3n) is 3.74. The van der Waals surface area contributed by atoms with E-state index in [0.717, 1.165) is 10.1 Å². The first-order valence-corrected chi connectivity index (χ1v) is 6.59. The second-order valence-corrected chi connectivity index (χ2v) is 5.17. The van der Waals surface area contributed by atoms with E-state index >= 15 is 0 Å². The Morgan fingerprint density at radius 2 is 1.81 bits per heavy atom. The van der Waals surface area contributed by atoms with Crippen LogP contribution in [0.2, 0.25) is 0 Å². The van der Waals surface area contributed by atoms with E-state index in [1.807, 2.05) is 18.2 Å². The fourth-order valence-electron chi connectivity index (χ4n) is 2.59. The first kappa shape index (κ1) is 13.3. The molecular weight excluding hydrogens is 268 g/mol. The van der Waals surface area contributed by atoms with Gasteiger partial charge < -0.3 is 4.57 Å². The van der Waals surface area contributed by atoms with E-state index in [-0.39, 0.29) is 11.5 Å². The summed E-state index contributed by atoms with van der Waals surface area (Å²) < 4.78 is 2.37. The summed E-state index contributed by atoms with van der Waals surface area (Å²) >= 11 is 0. The van der Waals surface area contributed by atoms with Crippen molar-refractivity contribution in [2.24, 2.45) is 14.1 Å². The number of aromatic nitrogens is 2. The summed E-state index contributed by atoms with van der Waals surface area (Å²) in [6, 6.07) is 7.41. The molecular formula is C16H14N2O3. The molecule has 5 heteroatoms. The number of aryl methyl sites for hydroxylation is 1. The van der Waals surface area contributed by atoms with Crippen LogP contribution in [0.3, 0.4) is 0 Å². The van der Waals surface area contributed by atoms with Crippen molar-refractivity contribution in [2.75, 3.05) is 0 Å². The third-order valence-corrected chi connectivity index (χ3v) is 3.74. The number of allylic oxidation sites excluding steroid dienone is 1. The minimum atomic E-state index is -0.394.